The van der Waals surface area contributed by atoms with Crippen molar-refractivity contribution in [2.75, 3.05) is 6.61 Å². The number of hydrogen-bond acceptors (Lipinski definition) is 2. The maximum Gasteiger partial charge on any atom is 0.540 e. The van der Waals surface area contributed by atoms with E-state index in [2.05, 4.69) is 0 Å². The largest absolute Gasteiger partial charge is 0.540 e. The van der Waals surface area contributed by atoms with Crippen molar-refractivity contribution in [2.45, 2.75) is 26.7 Å². The lowest BCUT2D eigenvalue weighted by Crippen LogP contribution is -1.79. The summed E-state index contributed by atoms with van der Waals surface area (Å²) in [6.07, 6.45) is 3.69. The molecule has 3 heteroatoms. The summed E-state index contributed by atoms with van der Waals surface area (Å²) in [6, 6.07) is 0. The molecule has 0 spiro atoms. The predicted molar refractivity (Wildman–Crippen MR) is 43.3 cm³/mol. The lowest BCUT2D eigenvalue weighted by atomic mass is 10.5. The van der Waals surface area contributed by atoms with E-state index in [0.29, 0.717) is 6.61 Å². The molecule has 0 fully saturated rings. The van der Waals surface area contributed by atoms with Crippen molar-refractivity contribution in [3.63, 3.8) is 0 Å². The third kappa shape index (κ3) is 5.93. The highest BCUT2D eigenvalue weighted by Crippen LogP contribution is 2.23. The van der Waals surface area contributed by atoms with Crippen molar-refractivity contribution in [1.82, 2.24) is 0 Å². The van der Waals surface area contributed by atoms with Gasteiger partial charge in [-0.1, -0.05) is 13.8 Å². The Balaban J connectivity index is 3.34. The van der Waals surface area contributed by atoms with E-state index in [4.69, 9.17) is 4.52 Å². The first-order valence-corrected chi connectivity index (χ1v) is 4.81. The molecule has 58 valence electrons. The molecular formula is C7H14O2P+. The smallest absolute Gasteiger partial charge is 0.142 e. The van der Waals surface area contributed by atoms with Crippen LogP contribution in [0, 0.1) is 0 Å². The summed E-state index contributed by atoms with van der Waals surface area (Å²) >= 11 is 0. The number of allylic oxidation sites excluding steroid dienone is 1. The average Bonchev–Trinajstić information content (AvgIpc) is 1.97. The molecule has 2 nitrogen and oxygen atoms in total. The van der Waals surface area contributed by atoms with E-state index in [1.165, 1.54) is 0 Å². The summed E-state index contributed by atoms with van der Waals surface area (Å²) in [5.41, 5.74) is 0. The Bertz CT molecular complexity index is 121. The molecule has 1 unspecified atom stereocenters. The Morgan fingerprint density at radius 2 is 2.20 bits per heavy atom. The minimum atomic E-state index is -1.52. The molecule has 0 saturated heterocycles. The average molecular weight is 161 g/mol. The normalized spacial score (nSPS) is 12.4. The fraction of sp³-hybridized carbons (Fsp3) is 0.714. The Hall–Kier alpha value is -0.200. The summed E-state index contributed by atoms with van der Waals surface area (Å²) in [5.74, 6) is 1.62. The van der Waals surface area contributed by atoms with Crippen LogP contribution in [0.4, 0.5) is 0 Å². The first kappa shape index (κ1) is 9.80. The Morgan fingerprint density at radius 1 is 1.50 bits per heavy atom. The van der Waals surface area contributed by atoms with Gasteiger partial charge in [-0.3, -0.25) is 0 Å². The summed E-state index contributed by atoms with van der Waals surface area (Å²) < 4.78 is 15.7. The third-order valence-corrected chi connectivity index (χ3v) is 1.78. The minimum absolute atomic E-state index is 0.587. The lowest BCUT2D eigenvalue weighted by molar-refractivity contribution is 0.334. The zero-order chi connectivity index (χ0) is 7.82. The first-order valence-electron chi connectivity index (χ1n) is 3.57. The molecule has 0 aliphatic carbocycles. The Labute approximate surface area is 63.1 Å². The SMILES string of the molecule is CCC=C[P+](=O)OCCC. The fourth-order valence-corrected chi connectivity index (χ4v) is 1.25. The maximum atomic E-state index is 10.8. The predicted octanol–water partition coefficient (Wildman–Crippen LogP) is 3.08. The topological polar surface area (TPSA) is 26.3 Å². The van der Waals surface area contributed by atoms with Crippen molar-refractivity contribution in [3.8, 4) is 0 Å². The van der Waals surface area contributed by atoms with Gasteiger partial charge in [0.05, 0.1) is 0 Å². The van der Waals surface area contributed by atoms with Gasteiger partial charge in [0.2, 0.25) is 0 Å². The molecule has 0 aliphatic heterocycles. The van der Waals surface area contributed by atoms with Crippen LogP contribution in [0.3, 0.4) is 0 Å². The van der Waals surface area contributed by atoms with Crippen LogP contribution in [0.15, 0.2) is 11.9 Å². The summed E-state index contributed by atoms with van der Waals surface area (Å²) in [6.45, 7) is 4.58. The van der Waals surface area contributed by atoms with E-state index in [9.17, 15) is 4.57 Å². The fourth-order valence-electron chi connectivity index (χ4n) is 0.416. The van der Waals surface area contributed by atoms with E-state index in [0.717, 1.165) is 12.8 Å². The molecule has 0 aromatic heterocycles. The molecule has 0 saturated carbocycles. The molecule has 1 atom stereocenters. The highest BCUT2D eigenvalue weighted by molar-refractivity contribution is 7.42. The van der Waals surface area contributed by atoms with Gasteiger partial charge in [-0.2, -0.15) is 0 Å². The van der Waals surface area contributed by atoms with Gasteiger partial charge in [-0.15, -0.1) is 4.52 Å². The molecule has 0 aromatic rings. The minimum Gasteiger partial charge on any atom is -0.142 e. The van der Waals surface area contributed by atoms with Crippen molar-refractivity contribution >= 4 is 8.03 Å². The van der Waals surface area contributed by atoms with Gasteiger partial charge in [-0.25, -0.2) is 0 Å². The highest BCUT2D eigenvalue weighted by Gasteiger charge is 2.09. The van der Waals surface area contributed by atoms with Gasteiger partial charge in [0.1, 0.15) is 6.61 Å². The van der Waals surface area contributed by atoms with Crippen LogP contribution >= 0.6 is 8.03 Å². The maximum absolute atomic E-state index is 10.8. The van der Waals surface area contributed by atoms with Gasteiger partial charge in [0.15, 0.2) is 5.82 Å². The summed E-state index contributed by atoms with van der Waals surface area (Å²) in [7, 11) is -1.52. The van der Waals surface area contributed by atoms with Gasteiger partial charge < -0.3 is 0 Å². The summed E-state index contributed by atoms with van der Waals surface area (Å²) in [5, 5.41) is 0. The second-order valence-electron chi connectivity index (χ2n) is 1.91. The molecule has 0 amide bonds. The third-order valence-electron chi connectivity index (χ3n) is 0.885. The van der Waals surface area contributed by atoms with Gasteiger partial charge in [0.25, 0.3) is 0 Å². The number of hydrogen-bond donors (Lipinski definition) is 0. The number of rotatable bonds is 5. The second-order valence-corrected chi connectivity index (χ2v) is 3.04. The Kier molecular flexibility index (Phi) is 6.78. The van der Waals surface area contributed by atoms with E-state index < -0.39 is 8.03 Å². The zero-order valence-electron chi connectivity index (χ0n) is 6.54. The molecular weight excluding hydrogens is 147 g/mol. The van der Waals surface area contributed by atoms with Crippen LogP contribution in [-0.4, -0.2) is 6.61 Å². The highest BCUT2D eigenvalue weighted by atomic mass is 31.1. The molecule has 0 bridgehead atoms. The van der Waals surface area contributed by atoms with Crippen LogP contribution in [0.2, 0.25) is 0 Å². The van der Waals surface area contributed by atoms with Crippen molar-refractivity contribution in [2.24, 2.45) is 0 Å². The van der Waals surface area contributed by atoms with Crippen LogP contribution in [0.5, 0.6) is 0 Å². The first-order chi connectivity index (χ1) is 4.81. The monoisotopic (exact) mass is 161 g/mol. The molecule has 0 rings (SSSR count). The molecule has 0 aliphatic rings. The van der Waals surface area contributed by atoms with Gasteiger partial charge in [0, 0.05) is 0 Å². The second kappa shape index (κ2) is 6.91. The van der Waals surface area contributed by atoms with Crippen molar-refractivity contribution in [3.05, 3.63) is 11.9 Å². The summed E-state index contributed by atoms with van der Waals surface area (Å²) in [4.78, 5) is 0. The van der Waals surface area contributed by atoms with E-state index in [-0.39, 0.29) is 0 Å². The quantitative estimate of drug-likeness (QED) is 0.579. The molecule has 0 radical (unpaired) electrons. The Morgan fingerprint density at radius 3 is 2.70 bits per heavy atom. The molecule has 10 heavy (non-hydrogen) atoms. The molecule has 0 heterocycles. The van der Waals surface area contributed by atoms with Gasteiger partial charge >= 0.3 is 8.03 Å². The van der Waals surface area contributed by atoms with Gasteiger partial charge in [-0.05, 0) is 23.5 Å². The van der Waals surface area contributed by atoms with Crippen LogP contribution in [0.1, 0.15) is 26.7 Å². The van der Waals surface area contributed by atoms with E-state index in [1.807, 2.05) is 19.9 Å². The zero-order valence-corrected chi connectivity index (χ0v) is 7.43. The van der Waals surface area contributed by atoms with Crippen LogP contribution in [0.25, 0.3) is 0 Å². The standard InChI is InChI=1S/C7H14O2P/c1-3-5-7-10(8)9-6-4-2/h5,7H,3-4,6H2,1-2H3/q+1. The van der Waals surface area contributed by atoms with Crippen molar-refractivity contribution in [1.29, 1.82) is 0 Å². The molecule has 0 aromatic carbocycles. The van der Waals surface area contributed by atoms with Crippen molar-refractivity contribution < 1.29 is 9.09 Å². The van der Waals surface area contributed by atoms with Crippen LogP contribution < -0.4 is 0 Å². The lowest BCUT2D eigenvalue weighted by Gasteiger charge is -1.80. The van der Waals surface area contributed by atoms with Crippen LogP contribution in [-0.2, 0) is 9.09 Å². The van der Waals surface area contributed by atoms with E-state index in [1.54, 1.807) is 5.82 Å². The van der Waals surface area contributed by atoms with E-state index >= 15 is 0 Å². The molecule has 0 N–H and O–H groups in total.